The van der Waals surface area contributed by atoms with Gasteiger partial charge in [-0.05, 0) is 45.1 Å². The Morgan fingerprint density at radius 3 is 2.69 bits per heavy atom. The molecule has 1 amide bonds. The highest BCUT2D eigenvalue weighted by Gasteiger charge is 2.26. The second-order valence-corrected chi connectivity index (χ2v) is 9.36. The summed E-state index contributed by atoms with van der Waals surface area (Å²) in [6.07, 6.45) is 5.94. The van der Waals surface area contributed by atoms with E-state index in [1.807, 2.05) is 6.92 Å². The number of amides is 1. The lowest BCUT2D eigenvalue weighted by molar-refractivity contribution is -0.113. The Bertz CT molecular complexity index is 889. The highest BCUT2D eigenvalue weighted by atomic mass is 32.2. The molecule has 0 saturated carbocycles. The molecule has 0 atom stereocenters. The monoisotopic (exact) mass is 436 g/mol. The van der Waals surface area contributed by atoms with Crippen LogP contribution in [0.15, 0.2) is 5.16 Å². The Kier molecular flexibility index (Phi) is 7.34. The molecule has 29 heavy (non-hydrogen) atoms. The zero-order valence-electron chi connectivity index (χ0n) is 17.4. The molecule has 2 heterocycles. The number of nitrogens with one attached hydrogen (secondary N) is 1. The summed E-state index contributed by atoms with van der Waals surface area (Å²) < 4.78 is 7.06. The first kappa shape index (κ1) is 21.8. The van der Waals surface area contributed by atoms with Crippen LogP contribution in [0.5, 0.6) is 0 Å². The van der Waals surface area contributed by atoms with E-state index in [0.29, 0.717) is 10.6 Å². The molecule has 0 fully saturated rings. The highest BCUT2D eigenvalue weighted by Crippen LogP contribution is 2.38. The van der Waals surface area contributed by atoms with Crippen molar-refractivity contribution >= 4 is 40.0 Å². The molecule has 9 heteroatoms. The molecule has 0 unspecified atom stereocenters. The molecule has 0 bridgehead atoms. The third kappa shape index (κ3) is 4.83. The van der Waals surface area contributed by atoms with Gasteiger partial charge in [-0.1, -0.05) is 25.1 Å². The zero-order chi connectivity index (χ0) is 21.0. The number of rotatable bonds is 7. The number of nitrogens with zero attached hydrogens (tertiary/aromatic N) is 3. The summed E-state index contributed by atoms with van der Waals surface area (Å²) in [5.41, 5.74) is 1.58. The van der Waals surface area contributed by atoms with Crippen molar-refractivity contribution in [2.24, 2.45) is 0 Å². The van der Waals surface area contributed by atoms with Gasteiger partial charge in [-0.3, -0.25) is 4.79 Å². The van der Waals surface area contributed by atoms with Gasteiger partial charge in [-0.25, -0.2) is 4.79 Å². The topological polar surface area (TPSA) is 86.1 Å². The lowest BCUT2D eigenvalue weighted by atomic mass is 10.1. The van der Waals surface area contributed by atoms with E-state index in [1.54, 1.807) is 0 Å². The predicted octanol–water partition coefficient (Wildman–Crippen LogP) is 4.27. The van der Waals surface area contributed by atoms with Gasteiger partial charge < -0.3 is 14.6 Å². The average molecular weight is 437 g/mol. The molecule has 0 aromatic carbocycles. The Hall–Kier alpha value is -1.87. The van der Waals surface area contributed by atoms with Crippen molar-refractivity contribution in [3.8, 4) is 0 Å². The van der Waals surface area contributed by atoms with Crippen LogP contribution < -0.4 is 5.32 Å². The first-order chi connectivity index (χ1) is 14.0. The Balaban J connectivity index is 1.74. The molecular weight excluding hydrogens is 408 g/mol. The van der Waals surface area contributed by atoms with Crippen LogP contribution in [0.1, 0.15) is 72.7 Å². The van der Waals surface area contributed by atoms with Gasteiger partial charge >= 0.3 is 5.97 Å². The van der Waals surface area contributed by atoms with Gasteiger partial charge in [-0.15, -0.1) is 21.5 Å². The predicted molar refractivity (Wildman–Crippen MR) is 116 cm³/mol. The smallest absolute Gasteiger partial charge is 0.341 e. The molecule has 0 radical (unpaired) electrons. The number of carbonyl (C=O) groups is 2. The molecule has 158 valence electrons. The summed E-state index contributed by atoms with van der Waals surface area (Å²) in [4.78, 5) is 26.2. The maximum atomic E-state index is 12.7. The van der Waals surface area contributed by atoms with E-state index in [4.69, 9.17) is 4.74 Å². The quantitative estimate of drug-likeness (QED) is 0.396. The van der Waals surface area contributed by atoms with Gasteiger partial charge in [0.2, 0.25) is 5.91 Å². The molecule has 0 saturated heterocycles. The van der Waals surface area contributed by atoms with Crippen LogP contribution in [-0.2, 0) is 28.8 Å². The molecule has 7 nitrogen and oxygen atoms in total. The molecule has 1 aliphatic rings. The van der Waals surface area contributed by atoms with E-state index in [-0.39, 0.29) is 23.7 Å². The van der Waals surface area contributed by atoms with E-state index in [1.165, 1.54) is 35.1 Å². The minimum absolute atomic E-state index is 0.159. The number of carbonyl (C=O) groups excluding carboxylic acids is 2. The number of aromatic nitrogens is 3. The zero-order valence-corrected chi connectivity index (χ0v) is 19.0. The van der Waals surface area contributed by atoms with Crippen LogP contribution in [0.3, 0.4) is 0 Å². The van der Waals surface area contributed by atoms with Gasteiger partial charge in [0, 0.05) is 17.3 Å². The maximum absolute atomic E-state index is 12.7. The molecular formula is C20H28N4O3S2. The van der Waals surface area contributed by atoms with Crippen LogP contribution >= 0.6 is 23.1 Å². The van der Waals surface area contributed by atoms with Gasteiger partial charge in [0.15, 0.2) is 5.16 Å². The molecule has 1 aliphatic carbocycles. The minimum Gasteiger partial charge on any atom is -0.465 e. The van der Waals surface area contributed by atoms with Crippen molar-refractivity contribution in [3.63, 3.8) is 0 Å². The number of hydrogen-bond donors (Lipinski definition) is 1. The van der Waals surface area contributed by atoms with Gasteiger partial charge in [0.25, 0.3) is 0 Å². The molecule has 1 N–H and O–H groups in total. The second kappa shape index (κ2) is 9.75. The molecule has 3 rings (SSSR count). The lowest BCUT2D eigenvalue weighted by Crippen LogP contribution is -2.17. The number of esters is 1. The summed E-state index contributed by atoms with van der Waals surface area (Å²) in [6, 6.07) is 0.226. The molecule has 2 aromatic heterocycles. The van der Waals surface area contributed by atoms with E-state index >= 15 is 0 Å². The number of hydrogen-bond acceptors (Lipinski definition) is 7. The first-order valence-electron chi connectivity index (χ1n) is 10.1. The molecule has 2 aromatic rings. The van der Waals surface area contributed by atoms with Crippen LogP contribution in [-0.4, -0.2) is 39.5 Å². The summed E-state index contributed by atoms with van der Waals surface area (Å²) >= 11 is 2.87. The highest BCUT2D eigenvalue weighted by molar-refractivity contribution is 7.99. The Labute approximate surface area is 179 Å². The van der Waals surface area contributed by atoms with Crippen molar-refractivity contribution in [1.82, 2.24) is 14.8 Å². The number of thiophene rings is 1. The fourth-order valence-electron chi connectivity index (χ4n) is 3.61. The summed E-state index contributed by atoms with van der Waals surface area (Å²) in [5.74, 6) is 0.586. The molecule has 0 aliphatic heterocycles. The van der Waals surface area contributed by atoms with Crippen LogP contribution in [0, 0.1) is 0 Å². The summed E-state index contributed by atoms with van der Waals surface area (Å²) in [7, 11) is 1.38. The van der Waals surface area contributed by atoms with Crippen molar-refractivity contribution in [2.75, 3.05) is 18.2 Å². The van der Waals surface area contributed by atoms with E-state index in [2.05, 4.69) is 33.9 Å². The number of thioether (sulfide) groups is 1. The minimum atomic E-state index is -0.375. The Morgan fingerprint density at radius 2 is 2.00 bits per heavy atom. The third-order valence-electron chi connectivity index (χ3n) is 4.96. The van der Waals surface area contributed by atoms with E-state index in [0.717, 1.165) is 55.1 Å². The lowest BCUT2D eigenvalue weighted by Gasteiger charge is -2.12. The van der Waals surface area contributed by atoms with Gasteiger partial charge in [0.1, 0.15) is 10.8 Å². The third-order valence-corrected chi connectivity index (χ3v) is 7.11. The van der Waals surface area contributed by atoms with Crippen molar-refractivity contribution in [3.05, 3.63) is 21.8 Å². The van der Waals surface area contributed by atoms with Crippen LogP contribution in [0.25, 0.3) is 0 Å². The number of ether oxygens (including phenoxy) is 1. The van der Waals surface area contributed by atoms with Crippen LogP contribution in [0.4, 0.5) is 5.00 Å². The number of aryl methyl sites for hydroxylation is 2. The van der Waals surface area contributed by atoms with Gasteiger partial charge in [-0.2, -0.15) is 0 Å². The summed E-state index contributed by atoms with van der Waals surface area (Å²) in [6.45, 7) is 6.20. The van der Waals surface area contributed by atoms with Crippen molar-refractivity contribution < 1.29 is 14.3 Å². The van der Waals surface area contributed by atoms with E-state index in [9.17, 15) is 9.59 Å². The number of fused-ring (bicyclic) bond motifs is 1. The van der Waals surface area contributed by atoms with Gasteiger partial charge in [0.05, 0.1) is 18.4 Å². The first-order valence-corrected chi connectivity index (χ1v) is 11.9. The maximum Gasteiger partial charge on any atom is 0.341 e. The fraction of sp³-hybridized carbons (Fsp3) is 0.600. The number of anilines is 1. The Morgan fingerprint density at radius 1 is 1.24 bits per heavy atom. The standard InChI is InChI=1S/C20H28N4O3S2/c1-5-15-22-23-20(24(15)12(2)3)28-11-16(25)21-18-17(19(26)27-4)13-9-7-6-8-10-14(13)29-18/h12H,5-11H2,1-4H3,(H,21,25). The SMILES string of the molecule is CCc1nnc(SCC(=O)Nc2sc3c(c2C(=O)OC)CCCCC3)n1C(C)C. The van der Waals surface area contributed by atoms with E-state index < -0.39 is 0 Å². The summed E-state index contributed by atoms with van der Waals surface area (Å²) in [5, 5.41) is 12.7. The molecule has 0 spiro atoms. The number of methoxy groups -OCH3 is 1. The fourth-order valence-corrected chi connectivity index (χ4v) is 5.79. The average Bonchev–Trinajstić information content (AvgIpc) is 3.19. The van der Waals surface area contributed by atoms with Crippen LogP contribution in [0.2, 0.25) is 0 Å². The normalized spacial score (nSPS) is 13.8. The largest absolute Gasteiger partial charge is 0.465 e. The van der Waals surface area contributed by atoms with Crippen molar-refractivity contribution in [2.45, 2.75) is 70.5 Å². The second-order valence-electron chi connectivity index (χ2n) is 7.31. The van der Waals surface area contributed by atoms with Crippen molar-refractivity contribution in [1.29, 1.82) is 0 Å².